The van der Waals surface area contributed by atoms with Crippen molar-refractivity contribution in [2.75, 3.05) is 31.8 Å². The van der Waals surface area contributed by atoms with Crippen LogP contribution in [-0.4, -0.2) is 38.9 Å². The number of carbonyl (C=O) groups excluding carboxylic acids is 1. The lowest BCUT2D eigenvalue weighted by Crippen LogP contribution is -2.43. The molecule has 0 N–H and O–H groups in total. The molecule has 0 aliphatic carbocycles. The van der Waals surface area contributed by atoms with Crippen molar-refractivity contribution in [3.63, 3.8) is 0 Å². The van der Waals surface area contributed by atoms with Crippen LogP contribution in [0.5, 0.6) is 0 Å². The lowest BCUT2D eigenvalue weighted by molar-refractivity contribution is -0.144. The summed E-state index contributed by atoms with van der Waals surface area (Å²) in [5.41, 5.74) is 0.631. The van der Waals surface area contributed by atoms with E-state index in [0.717, 1.165) is 0 Å². The summed E-state index contributed by atoms with van der Waals surface area (Å²) in [4.78, 5) is 13.6. The predicted molar refractivity (Wildman–Crippen MR) is 70.4 cm³/mol. The van der Waals surface area contributed by atoms with Crippen LogP contribution in [-0.2, 0) is 14.3 Å². The van der Waals surface area contributed by atoms with Gasteiger partial charge < -0.3 is 14.4 Å². The van der Waals surface area contributed by atoms with Gasteiger partial charge in [0.05, 0.1) is 19.8 Å². The van der Waals surface area contributed by atoms with Crippen molar-refractivity contribution >= 4 is 34.8 Å². The summed E-state index contributed by atoms with van der Waals surface area (Å²) in [6.45, 7) is 1.23. The van der Waals surface area contributed by atoms with Gasteiger partial charge in [-0.2, -0.15) is 0 Å². The highest BCUT2D eigenvalue weighted by Crippen LogP contribution is 2.25. The van der Waals surface area contributed by atoms with Gasteiger partial charge in [0, 0.05) is 22.8 Å². The fourth-order valence-corrected chi connectivity index (χ4v) is 2.22. The minimum atomic E-state index is -0.568. The van der Waals surface area contributed by atoms with Gasteiger partial charge >= 0.3 is 0 Å². The third-order valence-corrected chi connectivity index (χ3v) is 3.09. The molecular formula is C12H13Cl2NO3. The van der Waals surface area contributed by atoms with E-state index < -0.39 is 6.10 Å². The number of ether oxygens (including phenoxy) is 2. The monoisotopic (exact) mass is 289 g/mol. The molecule has 1 aromatic rings. The topological polar surface area (TPSA) is 38.8 Å². The zero-order chi connectivity index (χ0) is 13.1. The number of amides is 1. The van der Waals surface area contributed by atoms with Crippen LogP contribution >= 0.6 is 23.2 Å². The van der Waals surface area contributed by atoms with Gasteiger partial charge in [0.1, 0.15) is 0 Å². The number of carbonyl (C=O) groups is 1. The van der Waals surface area contributed by atoms with Crippen LogP contribution in [0.4, 0.5) is 5.69 Å². The molecule has 1 aliphatic rings. The fraction of sp³-hybridized carbons (Fsp3) is 0.417. The van der Waals surface area contributed by atoms with Crippen molar-refractivity contribution < 1.29 is 14.3 Å². The molecule has 0 aromatic heterocycles. The molecule has 4 nitrogen and oxygen atoms in total. The van der Waals surface area contributed by atoms with Crippen molar-refractivity contribution in [3.05, 3.63) is 28.2 Å². The average Bonchev–Trinajstić information content (AvgIpc) is 2.37. The molecule has 1 fully saturated rings. The Morgan fingerprint density at radius 2 is 1.94 bits per heavy atom. The highest BCUT2D eigenvalue weighted by molar-refractivity contribution is 6.35. The van der Waals surface area contributed by atoms with E-state index in [-0.39, 0.29) is 12.5 Å². The number of rotatable bonds is 2. The first-order valence-electron chi connectivity index (χ1n) is 5.51. The average molecular weight is 290 g/mol. The Hall–Kier alpha value is -0.810. The minimum Gasteiger partial charge on any atom is -0.376 e. The Labute approximate surface area is 115 Å². The molecule has 6 heteroatoms. The van der Waals surface area contributed by atoms with Crippen molar-refractivity contribution in [1.82, 2.24) is 0 Å². The molecule has 2 rings (SSSR count). The molecule has 1 aromatic carbocycles. The molecule has 1 atom stereocenters. The molecule has 1 unspecified atom stereocenters. The molecule has 98 valence electrons. The van der Waals surface area contributed by atoms with Gasteiger partial charge in [-0.25, -0.2) is 0 Å². The summed E-state index contributed by atoms with van der Waals surface area (Å²) in [6, 6.07) is 4.97. The smallest absolute Gasteiger partial charge is 0.258 e. The molecule has 0 saturated carbocycles. The number of nitrogens with zero attached hydrogens (tertiary/aromatic N) is 1. The SMILES string of the molecule is CN(C(=O)C1COCCO1)c1cc(Cl)cc(Cl)c1. The van der Waals surface area contributed by atoms with Crippen molar-refractivity contribution in [2.24, 2.45) is 0 Å². The quantitative estimate of drug-likeness (QED) is 0.839. The Kier molecular flexibility index (Phi) is 4.45. The summed E-state index contributed by atoms with van der Waals surface area (Å²) >= 11 is 11.8. The summed E-state index contributed by atoms with van der Waals surface area (Å²) in [5, 5.41) is 0.968. The summed E-state index contributed by atoms with van der Waals surface area (Å²) in [6.07, 6.45) is -0.568. The van der Waals surface area contributed by atoms with E-state index >= 15 is 0 Å². The standard InChI is InChI=1S/C12H13Cl2NO3/c1-15(10-5-8(13)4-9(14)6-10)12(16)11-7-17-2-3-18-11/h4-6,11H,2-3,7H2,1H3. The summed E-state index contributed by atoms with van der Waals surface area (Å²) < 4.78 is 10.6. The summed E-state index contributed by atoms with van der Waals surface area (Å²) in [7, 11) is 1.66. The molecule has 0 spiro atoms. The van der Waals surface area contributed by atoms with E-state index in [4.69, 9.17) is 32.7 Å². The van der Waals surface area contributed by atoms with E-state index in [1.165, 1.54) is 4.90 Å². The minimum absolute atomic E-state index is 0.173. The van der Waals surface area contributed by atoms with Gasteiger partial charge in [-0.1, -0.05) is 23.2 Å². The molecule has 0 bridgehead atoms. The number of benzene rings is 1. The third kappa shape index (κ3) is 3.14. The maximum Gasteiger partial charge on any atom is 0.258 e. The molecular weight excluding hydrogens is 277 g/mol. The van der Waals surface area contributed by atoms with Crippen LogP contribution in [0.1, 0.15) is 0 Å². The van der Waals surface area contributed by atoms with E-state index in [1.54, 1.807) is 25.2 Å². The first kappa shape index (κ1) is 13.6. The molecule has 1 heterocycles. The van der Waals surface area contributed by atoms with Gasteiger partial charge in [-0.15, -0.1) is 0 Å². The molecule has 18 heavy (non-hydrogen) atoms. The van der Waals surface area contributed by atoms with E-state index in [1.807, 2.05) is 0 Å². The van der Waals surface area contributed by atoms with E-state index in [0.29, 0.717) is 28.9 Å². The second kappa shape index (κ2) is 5.89. The second-order valence-electron chi connectivity index (χ2n) is 3.96. The van der Waals surface area contributed by atoms with Gasteiger partial charge in [-0.3, -0.25) is 4.79 Å². The predicted octanol–water partition coefficient (Wildman–Crippen LogP) is 2.37. The Balaban J connectivity index is 2.14. The number of hydrogen-bond donors (Lipinski definition) is 0. The second-order valence-corrected chi connectivity index (χ2v) is 4.83. The third-order valence-electron chi connectivity index (χ3n) is 2.66. The van der Waals surface area contributed by atoms with Gasteiger partial charge in [0.25, 0.3) is 5.91 Å². The fourth-order valence-electron chi connectivity index (χ4n) is 1.71. The Morgan fingerprint density at radius 1 is 1.28 bits per heavy atom. The lowest BCUT2D eigenvalue weighted by Gasteiger charge is -2.27. The lowest BCUT2D eigenvalue weighted by atomic mass is 10.2. The van der Waals surface area contributed by atoms with Crippen LogP contribution in [0.25, 0.3) is 0 Å². The van der Waals surface area contributed by atoms with E-state index in [2.05, 4.69) is 0 Å². The highest BCUT2D eigenvalue weighted by atomic mass is 35.5. The molecule has 0 radical (unpaired) electrons. The maximum atomic E-state index is 12.2. The van der Waals surface area contributed by atoms with Gasteiger partial charge in [-0.05, 0) is 18.2 Å². The number of anilines is 1. The molecule has 1 aliphatic heterocycles. The highest BCUT2D eigenvalue weighted by Gasteiger charge is 2.26. The normalized spacial score (nSPS) is 19.6. The van der Waals surface area contributed by atoms with Gasteiger partial charge in [0.15, 0.2) is 6.10 Å². The van der Waals surface area contributed by atoms with Crippen LogP contribution < -0.4 is 4.90 Å². The largest absolute Gasteiger partial charge is 0.376 e. The van der Waals surface area contributed by atoms with Crippen LogP contribution in [0.2, 0.25) is 10.0 Å². The number of likely N-dealkylation sites (N-methyl/N-ethyl adjacent to an activating group) is 1. The molecule has 1 saturated heterocycles. The van der Waals surface area contributed by atoms with Crippen molar-refractivity contribution in [2.45, 2.75) is 6.10 Å². The Bertz CT molecular complexity index is 427. The number of halogens is 2. The zero-order valence-electron chi connectivity index (χ0n) is 9.86. The van der Waals surface area contributed by atoms with Gasteiger partial charge in [0.2, 0.25) is 0 Å². The Morgan fingerprint density at radius 3 is 2.50 bits per heavy atom. The van der Waals surface area contributed by atoms with Crippen molar-refractivity contribution in [3.8, 4) is 0 Å². The van der Waals surface area contributed by atoms with Crippen LogP contribution in [0.3, 0.4) is 0 Å². The van der Waals surface area contributed by atoms with Crippen molar-refractivity contribution in [1.29, 1.82) is 0 Å². The summed E-state index contributed by atoms with van der Waals surface area (Å²) in [5.74, 6) is -0.173. The first-order chi connectivity index (χ1) is 8.58. The maximum absolute atomic E-state index is 12.2. The first-order valence-corrected chi connectivity index (χ1v) is 6.26. The zero-order valence-corrected chi connectivity index (χ0v) is 11.4. The van der Waals surface area contributed by atoms with Crippen LogP contribution in [0, 0.1) is 0 Å². The van der Waals surface area contributed by atoms with Crippen LogP contribution in [0.15, 0.2) is 18.2 Å². The number of hydrogen-bond acceptors (Lipinski definition) is 3. The van der Waals surface area contributed by atoms with E-state index in [9.17, 15) is 4.79 Å². The molecule has 1 amide bonds.